The monoisotopic (exact) mass is 380 g/mol. The van der Waals surface area contributed by atoms with Gasteiger partial charge in [0.2, 0.25) is 0 Å². The largest absolute Gasteiger partial charge is 0.466 e. The Bertz CT molecular complexity index is 823. The number of anilines is 1. The first kappa shape index (κ1) is 18.8. The molecule has 1 fully saturated rings. The molecule has 148 valence electrons. The molecule has 0 aliphatic carbocycles. The van der Waals surface area contributed by atoms with Gasteiger partial charge in [-0.3, -0.25) is 9.69 Å². The van der Waals surface area contributed by atoms with E-state index in [1.807, 2.05) is 19.1 Å². The van der Waals surface area contributed by atoms with Crippen LogP contribution in [0.2, 0.25) is 0 Å². The highest BCUT2D eigenvalue weighted by molar-refractivity contribution is 5.69. The SMILES string of the molecule is CCOC(=O)CCCCN1CCN2c3ccccc3Oc3ccccc3C2C1. The van der Waals surface area contributed by atoms with Crippen LogP contribution in [0.5, 0.6) is 11.5 Å². The van der Waals surface area contributed by atoms with Crippen molar-refractivity contribution in [3.8, 4) is 11.5 Å². The Morgan fingerprint density at radius 2 is 1.86 bits per heavy atom. The number of carbonyl (C=O) groups excluding carboxylic acids is 1. The van der Waals surface area contributed by atoms with Gasteiger partial charge in [0, 0.05) is 31.6 Å². The van der Waals surface area contributed by atoms with Crippen LogP contribution in [0.15, 0.2) is 48.5 Å². The third-order valence-electron chi connectivity index (χ3n) is 5.55. The number of carbonyl (C=O) groups is 1. The van der Waals surface area contributed by atoms with Crippen molar-refractivity contribution >= 4 is 11.7 Å². The van der Waals surface area contributed by atoms with E-state index in [9.17, 15) is 4.79 Å². The van der Waals surface area contributed by atoms with Crippen molar-refractivity contribution in [3.63, 3.8) is 0 Å². The first-order valence-corrected chi connectivity index (χ1v) is 10.3. The van der Waals surface area contributed by atoms with Crippen molar-refractivity contribution in [2.24, 2.45) is 0 Å². The third kappa shape index (κ3) is 3.99. The van der Waals surface area contributed by atoms with Crippen molar-refractivity contribution in [1.82, 2.24) is 4.90 Å². The van der Waals surface area contributed by atoms with Crippen LogP contribution in [0.25, 0.3) is 0 Å². The van der Waals surface area contributed by atoms with Crippen molar-refractivity contribution in [2.75, 3.05) is 37.7 Å². The summed E-state index contributed by atoms with van der Waals surface area (Å²) in [5.74, 6) is 1.80. The summed E-state index contributed by atoms with van der Waals surface area (Å²) in [5, 5.41) is 0. The van der Waals surface area contributed by atoms with Crippen LogP contribution in [0.4, 0.5) is 5.69 Å². The Morgan fingerprint density at radius 1 is 1.07 bits per heavy atom. The van der Waals surface area contributed by atoms with Gasteiger partial charge in [0.1, 0.15) is 5.75 Å². The summed E-state index contributed by atoms with van der Waals surface area (Å²) < 4.78 is 11.3. The second-order valence-corrected chi connectivity index (χ2v) is 7.38. The zero-order valence-electron chi connectivity index (χ0n) is 16.5. The molecule has 0 radical (unpaired) electrons. The van der Waals surface area contributed by atoms with E-state index in [4.69, 9.17) is 9.47 Å². The molecule has 2 heterocycles. The fraction of sp³-hybridized carbons (Fsp3) is 0.435. The highest BCUT2D eigenvalue weighted by atomic mass is 16.5. The molecule has 0 bridgehead atoms. The molecule has 2 aliphatic heterocycles. The lowest BCUT2D eigenvalue weighted by Gasteiger charge is -2.42. The summed E-state index contributed by atoms with van der Waals surface area (Å²) >= 11 is 0. The summed E-state index contributed by atoms with van der Waals surface area (Å²) in [6.45, 7) is 6.28. The fourth-order valence-corrected chi connectivity index (χ4v) is 4.18. The minimum atomic E-state index is -0.0845. The van der Waals surface area contributed by atoms with Gasteiger partial charge in [0.05, 0.1) is 18.3 Å². The highest BCUT2D eigenvalue weighted by Crippen LogP contribution is 2.45. The van der Waals surface area contributed by atoms with Gasteiger partial charge in [-0.2, -0.15) is 0 Å². The fourth-order valence-electron chi connectivity index (χ4n) is 4.18. The van der Waals surface area contributed by atoms with Crippen LogP contribution >= 0.6 is 0 Å². The predicted octanol–water partition coefficient (Wildman–Crippen LogP) is 4.39. The zero-order valence-corrected chi connectivity index (χ0v) is 16.5. The topological polar surface area (TPSA) is 42.0 Å². The van der Waals surface area contributed by atoms with Crippen LogP contribution in [-0.4, -0.2) is 43.7 Å². The Labute approximate surface area is 166 Å². The molecule has 4 rings (SSSR count). The zero-order chi connectivity index (χ0) is 19.3. The molecule has 0 amide bonds. The number of para-hydroxylation sites is 3. The molecule has 1 atom stereocenters. The minimum Gasteiger partial charge on any atom is -0.466 e. The van der Waals surface area contributed by atoms with E-state index in [0.717, 1.165) is 50.5 Å². The van der Waals surface area contributed by atoms with E-state index >= 15 is 0 Å². The van der Waals surface area contributed by atoms with Crippen molar-refractivity contribution in [1.29, 1.82) is 0 Å². The van der Waals surface area contributed by atoms with Gasteiger partial charge in [0.15, 0.2) is 5.75 Å². The van der Waals surface area contributed by atoms with Gasteiger partial charge in [-0.15, -0.1) is 0 Å². The van der Waals surface area contributed by atoms with Crippen LogP contribution in [0.3, 0.4) is 0 Å². The van der Waals surface area contributed by atoms with Gasteiger partial charge >= 0.3 is 5.97 Å². The number of unbranched alkanes of at least 4 members (excludes halogenated alkanes) is 1. The van der Waals surface area contributed by atoms with E-state index in [-0.39, 0.29) is 12.0 Å². The first-order chi connectivity index (χ1) is 13.8. The van der Waals surface area contributed by atoms with E-state index in [1.165, 1.54) is 11.3 Å². The number of fused-ring (bicyclic) bond motifs is 5. The number of hydrogen-bond donors (Lipinski definition) is 0. The number of rotatable bonds is 6. The normalized spacial score (nSPS) is 18.3. The maximum Gasteiger partial charge on any atom is 0.305 e. The molecule has 0 N–H and O–H groups in total. The average Bonchev–Trinajstić information content (AvgIpc) is 2.86. The summed E-state index contributed by atoms with van der Waals surface area (Å²) in [6.07, 6.45) is 2.41. The van der Waals surface area contributed by atoms with Crippen LogP contribution in [0, 0.1) is 0 Å². The quantitative estimate of drug-likeness (QED) is 0.549. The molecule has 5 nitrogen and oxygen atoms in total. The summed E-state index contributed by atoms with van der Waals surface area (Å²) in [6, 6.07) is 17.0. The van der Waals surface area contributed by atoms with Crippen LogP contribution in [-0.2, 0) is 9.53 Å². The van der Waals surface area contributed by atoms with Crippen LogP contribution in [0.1, 0.15) is 37.8 Å². The molecular formula is C23H28N2O3. The Balaban J connectivity index is 1.46. The smallest absolute Gasteiger partial charge is 0.305 e. The molecule has 0 spiro atoms. The molecule has 1 saturated heterocycles. The maximum absolute atomic E-state index is 11.5. The number of nitrogens with zero attached hydrogens (tertiary/aromatic N) is 2. The average molecular weight is 380 g/mol. The van der Waals surface area contributed by atoms with Gasteiger partial charge < -0.3 is 14.4 Å². The molecule has 5 heteroatoms. The summed E-state index contributed by atoms with van der Waals surface area (Å²) in [4.78, 5) is 16.5. The van der Waals surface area contributed by atoms with Gasteiger partial charge in [-0.1, -0.05) is 30.3 Å². The molecule has 0 saturated carbocycles. The Hall–Kier alpha value is -2.53. The van der Waals surface area contributed by atoms with Crippen molar-refractivity contribution < 1.29 is 14.3 Å². The number of hydrogen-bond acceptors (Lipinski definition) is 5. The lowest BCUT2D eigenvalue weighted by Crippen LogP contribution is -2.48. The lowest BCUT2D eigenvalue weighted by atomic mass is 10.0. The molecular weight excluding hydrogens is 352 g/mol. The Morgan fingerprint density at radius 3 is 2.71 bits per heavy atom. The summed E-state index contributed by atoms with van der Waals surface area (Å²) in [5.41, 5.74) is 2.42. The van der Waals surface area contributed by atoms with Gasteiger partial charge in [-0.25, -0.2) is 0 Å². The molecule has 2 aliphatic rings. The van der Waals surface area contributed by atoms with Gasteiger partial charge in [0.25, 0.3) is 0 Å². The van der Waals surface area contributed by atoms with E-state index in [1.54, 1.807) is 0 Å². The molecule has 0 aromatic heterocycles. The molecule has 1 unspecified atom stereocenters. The number of ether oxygens (including phenoxy) is 2. The predicted molar refractivity (Wildman–Crippen MR) is 110 cm³/mol. The van der Waals surface area contributed by atoms with E-state index < -0.39 is 0 Å². The van der Waals surface area contributed by atoms with Crippen LogP contribution < -0.4 is 9.64 Å². The van der Waals surface area contributed by atoms with Crippen molar-refractivity contribution in [3.05, 3.63) is 54.1 Å². The maximum atomic E-state index is 11.5. The van der Waals surface area contributed by atoms with E-state index in [2.05, 4.69) is 46.2 Å². The van der Waals surface area contributed by atoms with Crippen molar-refractivity contribution in [2.45, 2.75) is 32.2 Å². The first-order valence-electron chi connectivity index (χ1n) is 10.3. The standard InChI is InChI=1S/C23H28N2O3/c1-2-27-23(26)13-7-8-14-24-15-16-25-19-10-4-6-12-22(19)28-21-11-5-3-9-18(21)20(25)17-24/h3-6,9-12,20H,2,7-8,13-17H2,1H3. The van der Waals surface area contributed by atoms with E-state index in [0.29, 0.717) is 13.0 Å². The second-order valence-electron chi connectivity index (χ2n) is 7.38. The highest BCUT2D eigenvalue weighted by Gasteiger charge is 2.33. The molecule has 28 heavy (non-hydrogen) atoms. The molecule has 2 aromatic rings. The minimum absolute atomic E-state index is 0.0845. The Kier molecular flexibility index (Phi) is 5.81. The second kappa shape index (κ2) is 8.65. The van der Waals surface area contributed by atoms with Gasteiger partial charge in [-0.05, 0) is 44.5 Å². The number of esters is 1. The summed E-state index contributed by atoms with van der Waals surface area (Å²) in [7, 11) is 0. The molecule has 2 aromatic carbocycles. The lowest BCUT2D eigenvalue weighted by molar-refractivity contribution is -0.143. The third-order valence-corrected chi connectivity index (χ3v) is 5.55. The number of piperazine rings is 1. The number of benzene rings is 2.